The number of nitrogens with zero attached hydrogens (tertiary/aromatic N) is 2. The van der Waals surface area contributed by atoms with Crippen molar-refractivity contribution >= 4 is 17.5 Å². The van der Waals surface area contributed by atoms with Crippen LogP contribution in [0.1, 0.15) is 32.9 Å². The van der Waals surface area contributed by atoms with E-state index in [1.54, 1.807) is 19.2 Å². The highest BCUT2D eigenvalue weighted by molar-refractivity contribution is 5.99. The van der Waals surface area contributed by atoms with Crippen molar-refractivity contribution < 1.29 is 9.59 Å². The van der Waals surface area contributed by atoms with E-state index in [1.165, 1.54) is 4.90 Å². The minimum Gasteiger partial charge on any atom is -0.332 e. The van der Waals surface area contributed by atoms with Crippen molar-refractivity contribution in [3.05, 3.63) is 82.7 Å². The summed E-state index contributed by atoms with van der Waals surface area (Å²) in [7, 11) is 1.64. The predicted molar refractivity (Wildman–Crippen MR) is 117 cm³/mol. The molecule has 0 aliphatic carbocycles. The molecule has 2 aromatic carbocycles. The first-order valence-corrected chi connectivity index (χ1v) is 9.65. The standard InChI is InChI=1S/C24H27N3O2/c1-16-7-6-8-17(2)23(16)25-22(28)15-26(5)24(29)20-11-13-21(14-12-20)27-18(3)9-10-19(27)4/h6-14H,15H2,1-5H3,(H,25,28). The molecule has 0 spiro atoms. The van der Waals surface area contributed by atoms with E-state index in [9.17, 15) is 9.59 Å². The van der Waals surface area contributed by atoms with Crippen LogP contribution in [0.2, 0.25) is 0 Å². The minimum atomic E-state index is -0.214. The number of hydrogen-bond donors (Lipinski definition) is 1. The molecule has 0 radical (unpaired) electrons. The van der Waals surface area contributed by atoms with Gasteiger partial charge in [-0.05, 0) is 75.2 Å². The molecule has 0 aliphatic rings. The first-order chi connectivity index (χ1) is 13.8. The van der Waals surface area contributed by atoms with Gasteiger partial charge in [0, 0.05) is 35.4 Å². The number of para-hydroxylation sites is 1. The molecule has 0 saturated heterocycles. The number of likely N-dealkylation sites (N-methyl/N-ethyl adjacent to an activating group) is 1. The molecule has 29 heavy (non-hydrogen) atoms. The van der Waals surface area contributed by atoms with Crippen molar-refractivity contribution in [3.63, 3.8) is 0 Å². The van der Waals surface area contributed by atoms with Crippen molar-refractivity contribution in [1.29, 1.82) is 0 Å². The number of carbonyl (C=O) groups is 2. The lowest BCUT2D eigenvalue weighted by Gasteiger charge is -2.18. The van der Waals surface area contributed by atoms with E-state index in [0.29, 0.717) is 5.56 Å². The fraction of sp³-hybridized carbons (Fsp3) is 0.250. The van der Waals surface area contributed by atoms with Gasteiger partial charge in [0.25, 0.3) is 5.91 Å². The zero-order valence-electron chi connectivity index (χ0n) is 17.6. The second-order valence-corrected chi connectivity index (χ2v) is 7.47. The SMILES string of the molecule is Cc1cccc(C)c1NC(=O)CN(C)C(=O)c1ccc(-n2c(C)ccc2C)cc1. The van der Waals surface area contributed by atoms with Crippen LogP contribution >= 0.6 is 0 Å². The first-order valence-electron chi connectivity index (χ1n) is 9.65. The summed E-state index contributed by atoms with van der Waals surface area (Å²) in [5.74, 6) is -0.400. The van der Waals surface area contributed by atoms with Crippen LogP contribution in [0.15, 0.2) is 54.6 Å². The Labute approximate surface area is 172 Å². The number of aryl methyl sites for hydroxylation is 4. The molecular formula is C24H27N3O2. The molecule has 5 heteroatoms. The summed E-state index contributed by atoms with van der Waals surface area (Å²) in [4.78, 5) is 26.6. The van der Waals surface area contributed by atoms with Crippen molar-refractivity contribution in [3.8, 4) is 5.69 Å². The van der Waals surface area contributed by atoms with Crippen LogP contribution in [0, 0.1) is 27.7 Å². The van der Waals surface area contributed by atoms with E-state index >= 15 is 0 Å². The quantitative estimate of drug-likeness (QED) is 0.702. The van der Waals surface area contributed by atoms with Crippen LogP contribution in [-0.4, -0.2) is 34.9 Å². The number of amides is 2. The number of anilines is 1. The molecule has 1 heterocycles. The topological polar surface area (TPSA) is 54.3 Å². The van der Waals surface area contributed by atoms with Crippen molar-refractivity contribution in [2.24, 2.45) is 0 Å². The molecule has 150 valence electrons. The third-order valence-corrected chi connectivity index (χ3v) is 5.12. The van der Waals surface area contributed by atoms with Gasteiger partial charge in [0.15, 0.2) is 0 Å². The lowest BCUT2D eigenvalue weighted by molar-refractivity contribution is -0.116. The van der Waals surface area contributed by atoms with Crippen LogP contribution in [-0.2, 0) is 4.79 Å². The summed E-state index contributed by atoms with van der Waals surface area (Å²) in [6.45, 7) is 7.99. The van der Waals surface area contributed by atoms with Crippen molar-refractivity contribution in [1.82, 2.24) is 9.47 Å². The van der Waals surface area contributed by atoms with Gasteiger partial charge in [0.1, 0.15) is 0 Å². The van der Waals surface area contributed by atoms with Gasteiger partial charge >= 0.3 is 0 Å². The second kappa shape index (κ2) is 8.35. The summed E-state index contributed by atoms with van der Waals surface area (Å²) in [5.41, 5.74) is 6.65. The summed E-state index contributed by atoms with van der Waals surface area (Å²) in [5, 5.41) is 2.92. The average molecular weight is 389 g/mol. The Bertz CT molecular complexity index is 1010. The third-order valence-electron chi connectivity index (χ3n) is 5.12. The lowest BCUT2D eigenvalue weighted by atomic mass is 10.1. The summed E-state index contributed by atoms with van der Waals surface area (Å²) < 4.78 is 2.13. The predicted octanol–water partition coefficient (Wildman–Crippen LogP) is 4.42. The molecule has 0 unspecified atom stereocenters. The van der Waals surface area contributed by atoms with Crippen LogP contribution < -0.4 is 5.32 Å². The first kappa shape index (κ1) is 20.4. The highest BCUT2D eigenvalue weighted by Gasteiger charge is 2.16. The molecule has 0 fully saturated rings. The molecule has 0 bridgehead atoms. The van der Waals surface area contributed by atoms with E-state index in [0.717, 1.165) is 33.9 Å². The maximum Gasteiger partial charge on any atom is 0.254 e. The molecule has 2 amide bonds. The molecule has 3 rings (SSSR count). The Morgan fingerprint density at radius 2 is 1.41 bits per heavy atom. The smallest absolute Gasteiger partial charge is 0.254 e. The Hall–Kier alpha value is -3.34. The molecular weight excluding hydrogens is 362 g/mol. The zero-order chi connectivity index (χ0) is 21.1. The fourth-order valence-electron chi connectivity index (χ4n) is 3.53. The zero-order valence-corrected chi connectivity index (χ0v) is 17.6. The summed E-state index contributed by atoms with van der Waals surface area (Å²) in [6.07, 6.45) is 0. The van der Waals surface area contributed by atoms with Crippen LogP contribution in [0.25, 0.3) is 5.69 Å². The number of carbonyl (C=O) groups excluding carboxylic acids is 2. The normalized spacial score (nSPS) is 10.7. The minimum absolute atomic E-state index is 0.00975. The van der Waals surface area contributed by atoms with Crippen LogP contribution in [0.5, 0.6) is 0 Å². The maximum absolute atomic E-state index is 12.7. The maximum atomic E-state index is 12.7. The molecule has 1 N–H and O–H groups in total. The highest BCUT2D eigenvalue weighted by Crippen LogP contribution is 2.20. The monoisotopic (exact) mass is 389 g/mol. The average Bonchev–Trinajstić information content (AvgIpc) is 3.02. The highest BCUT2D eigenvalue weighted by atomic mass is 16.2. The molecule has 3 aromatic rings. The Morgan fingerprint density at radius 3 is 1.97 bits per heavy atom. The van der Waals surface area contributed by atoms with Gasteiger partial charge < -0.3 is 14.8 Å². The van der Waals surface area contributed by atoms with E-state index in [1.807, 2.05) is 44.2 Å². The van der Waals surface area contributed by atoms with E-state index in [2.05, 4.69) is 35.9 Å². The third kappa shape index (κ3) is 4.40. The molecule has 5 nitrogen and oxygen atoms in total. The lowest BCUT2D eigenvalue weighted by Crippen LogP contribution is -2.35. The van der Waals surface area contributed by atoms with Gasteiger partial charge in [-0.1, -0.05) is 18.2 Å². The van der Waals surface area contributed by atoms with E-state index in [4.69, 9.17) is 0 Å². The number of benzene rings is 2. The largest absolute Gasteiger partial charge is 0.332 e. The van der Waals surface area contributed by atoms with Crippen LogP contribution in [0.4, 0.5) is 5.69 Å². The molecule has 0 aliphatic heterocycles. The number of aromatic nitrogens is 1. The molecule has 0 saturated carbocycles. The Morgan fingerprint density at radius 1 is 0.862 bits per heavy atom. The molecule has 1 aromatic heterocycles. The fourth-order valence-corrected chi connectivity index (χ4v) is 3.53. The van der Waals surface area contributed by atoms with Gasteiger partial charge in [-0.3, -0.25) is 9.59 Å². The number of rotatable bonds is 5. The van der Waals surface area contributed by atoms with Crippen LogP contribution in [0.3, 0.4) is 0 Å². The Kier molecular flexibility index (Phi) is 5.87. The van der Waals surface area contributed by atoms with E-state index in [-0.39, 0.29) is 18.4 Å². The summed E-state index contributed by atoms with van der Waals surface area (Å²) >= 11 is 0. The Balaban J connectivity index is 1.68. The van der Waals surface area contributed by atoms with Gasteiger partial charge in [0.05, 0.1) is 6.54 Å². The van der Waals surface area contributed by atoms with Gasteiger partial charge in [-0.15, -0.1) is 0 Å². The second-order valence-electron chi connectivity index (χ2n) is 7.47. The van der Waals surface area contributed by atoms with Gasteiger partial charge in [-0.25, -0.2) is 0 Å². The number of nitrogens with one attached hydrogen (secondary N) is 1. The van der Waals surface area contributed by atoms with Gasteiger partial charge in [0.2, 0.25) is 5.91 Å². The van der Waals surface area contributed by atoms with Crippen molar-refractivity contribution in [2.75, 3.05) is 18.9 Å². The summed E-state index contributed by atoms with van der Waals surface area (Å²) in [6, 6.07) is 17.5. The number of hydrogen-bond acceptors (Lipinski definition) is 2. The van der Waals surface area contributed by atoms with Crippen molar-refractivity contribution in [2.45, 2.75) is 27.7 Å². The van der Waals surface area contributed by atoms with E-state index < -0.39 is 0 Å². The molecule has 0 atom stereocenters. The van der Waals surface area contributed by atoms with Gasteiger partial charge in [-0.2, -0.15) is 0 Å².